The number of aliphatic hydroxyl groups excluding tert-OH is 2. The molecular weight excluding hydrogens is 176 g/mol. The number of hydrogen-bond acceptors (Lipinski definition) is 2. The molecule has 2 heteroatoms. The Bertz CT molecular complexity index is 149. The Morgan fingerprint density at radius 3 is 1.21 bits per heavy atom. The van der Waals surface area contributed by atoms with Crippen molar-refractivity contribution in [3.05, 3.63) is 0 Å². The highest BCUT2D eigenvalue weighted by Crippen LogP contribution is 2.35. The van der Waals surface area contributed by atoms with E-state index in [1.54, 1.807) is 0 Å². The van der Waals surface area contributed by atoms with Crippen LogP contribution in [0.4, 0.5) is 0 Å². The maximum absolute atomic E-state index is 10.0. The molecule has 2 atom stereocenters. The maximum Gasteiger partial charge on any atom is 0.0829 e. The molecule has 2 aliphatic carbocycles. The van der Waals surface area contributed by atoms with Gasteiger partial charge in [-0.3, -0.25) is 0 Å². The second-order valence-electron chi connectivity index (χ2n) is 5.07. The fraction of sp³-hybridized carbons (Fsp3) is 1.00. The monoisotopic (exact) mass is 198 g/mol. The van der Waals surface area contributed by atoms with Crippen molar-refractivity contribution in [2.45, 2.75) is 63.6 Å². The van der Waals surface area contributed by atoms with Crippen LogP contribution in [-0.2, 0) is 0 Å². The largest absolute Gasteiger partial charge is 0.390 e. The van der Waals surface area contributed by atoms with Crippen LogP contribution < -0.4 is 0 Å². The smallest absolute Gasteiger partial charge is 0.0829 e. The van der Waals surface area contributed by atoms with E-state index >= 15 is 0 Å². The van der Waals surface area contributed by atoms with Gasteiger partial charge in [0.25, 0.3) is 0 Å². The lowest BCUT2D eigenvalue weighted by atomic mass is 9.88. The standard InChI is InChI=1S/C12H22O2/c13-11(9-5-1-2-6-9)12(14)10-7-3-4-8-10/h9-14H,1-8H2/t11-,12-/m0/s1. The van der Waals surface area contributed by atoms with Crippen LogP contribution >= 0.6 is 0 Å². The molecule has 2 nitrogen and oxygen atoms in total. The second kappa shape index (κ2) is 4.63. The van der Waals surface area contributed by atoms with Gasteiger partial charge >= 0.3 is 0 Å². The van der Waals surface area contributed by atoms with Gasteiger partial charge in [-0.2, -0.15) is 0 Å². The molecule has 2 aliphatic rings. The highest BCUT2D eigenvalue weighted by atomic mass is 16.3. The molecule has 0 spiro atoms. The zero-order chi connectivity index (χ0) is 9.97. The zero-order valence-corrected chi connectivity index (χ0v) is 8.86. The quantitative estimate of drug-likeness (QED) is 0.729. The van der Waals surface area contributed by atoms with Gasteiger partial charge in [-0.05, 0) is 37.5 Å². The molecule has 0 amide bonds. The third-order valence-electron chi connectivity index (χ3n) is 4.12. The van der Waals surface area contributed by atoms with E-state index < -0.39 is 12.2 Å². The second-order valence-corrected chi connectivity index (χ2v) is 5.07. The van der Waals surface area contributed by atoms with Crippen molar-refractivity contribution in [1.29, 1.82) is 0 Å². The molecule has 0 aliphatic heterocycles. The SMILES string of the molecule is O[C@@H](C1CCCC1)[C@@H](O)C1CCCC1. The third-order valence-corrected chi connectivity index (χ3v) is 4.12. The first kappa shape index (κ1) is 10.4. The molecule has 2 N–H and O–H groups in total. The van der Waals surface area contributed by atoms with Crippen LogP contribution in [0.2, 0.25) is 0 Å². The Labute approximate surface area is 86.3 Å². The molecular formula is C12H22O2. The Balaban J connectivity index is 1.85. The van der Waals surface area contributed by atoms with Crippen LogP contribution in [-0.4, -0.2) is 22.4 Å². The minimum Gasteiger partial charge on any atom is -0.390 e. The van der Waals surface area contributed by atoms with Gasteiger partial charge in [0.15, 0.2) is 0 Å². The summed E-state index contributed by atoms with van der Waals surface area (Å²) in [5, 5.41) is 20.1. The fourth-order valence-corrected chi connectivity index (χ4v) is 3.16. The normalized spacial score (nSPS) is 29.6. The zero-order valence-electron chi connectivity index (χ0n) is 8.86. The number of aliphatic hydroxyl groups is 2. The Morgan fingerprint density at radius 1 is 0.643 bits per heavy atom. The summed E-state index contributed by atoms with van der Waals surface area (Å²) in [6.07, 6.45) is 8.52. The molecule has 0 aromatic heterocycles. The van der Waals surface area contributed by atoms with Crippen molar-refractivity contribution in [3.8, 4) is 0 Å². The minimum absolute atomic E-state index is 0.380. The van der Waals surface area contributed by atoms with Crippen LogP contribution in [0.25, 0.3) is 0 Å². The van der Waals surface area contributed by atoms with Gasteiger partial charge in [0.1, 0.15) is 0 Å². The van der Waals surface area contributed by atoms with Gasteiger partial charge < -0.3 is 10.2 Å². The van der Waals surface area contributed by atoms with Gasteiger partial charge in [0.05, 0.1) is 12.2 Å². The molecule has 0 aromatic rings. The molecule has 2 rings (SSSR count). The van der Waals surface area contributed by atoms with E-state index in [0.717, 1.165) is 25.7 Å². The molecule has 0 bridgehead atoms. The molecule has 0 saturated heterocycles. The summed E-state index contributed by atoms with van der Waals surface area (Å²) in [6.45, 7) is 0. The van der Waals surface area contributed by atoms with Crippen LogP contribution in [0.1, 0.15) is 51.4 Å². The minimum atomic E-state index is -0.444. The van der Waals surface area contributed by atoms with E-state index in [0.29, 0.717) is 11.8 Å². The van der Waals surface area contributed by atoms with E-state index in [1.807, 2.05) is 0 Å². The van der Waals surface area contributed by atoms with Gasteiger partial charge in [0, 0.05) is 0 Å². The van der Waals surface area contributed by atoms with Crippen molar-refractivity contribution < 1.29 is 10.2 Å². The predicted molar refractivity (Wildman–Crippen MR) is 55.9 cm³/mol. The summed E-state index contributed by atoms with van der Waals surface area (Å²) < 4.78 is 0. The van der Waals surface area contributed by atoms with Gasteiger partial charge in [-0.15, -0.1) is 0 Å². The number of rotatable bonds is 3. The summed E-state index contributed by atoms with van der Waals surface area (Å²) in [5.74, 6) is 0.760. The first-order valence-electron chi connectivity index (χ1n) is 6.15. The summed E-state index contributed by atoms with van der Waals surface area (Å²) in [7, 11) is 0. The van der Waals surface area contributed by atoms with Crippen LogP contribution in [0.3, 0.4) is 0 Å². The summed E-state index contributed by atoms with van der Waals surface area (Å²) in [5.41, 5.74) is 0. The Morgan fingerprint density at radius 2 is 0.929 bits per heavy atom. The van der Waals surface area contributed by atoms with E-state index in [2.05, 4.69) is 0 Å². The summed E-state index contributed by atoms with van der Waals surface area (Å²) >= 11 is 0. The average Bonchev–Trinajstić information content (AvgIpc) is 2.87. The third kappa shape index (κ3) is 2.12. The van der Waals surface area contributed by atoms with E-state index in [9.17, 15) is 10.2 Å². The van der Waals surface area contributed by atoms with Crippen LogP contribution in [0.5, 0.6) is 0 Å². The molecule has 0 heterocycles. The topological polar surface area (TPSA) is 40.5 Å². The number of hydrogen-bond donors (Lipinski definition) is 2. The molecule has 0 aromatic carbocycles. The van der Waals surface area contributed by atoms with Crippen molar-refractivity contribution in [2.75, 3.05) is 0 Å². The molecule has 2 fully saturated rings. The van der Waals surface area contributed by atoms with Crippen molar-refractivity contribution in [3.63, 3.8) is 0 Å². The molecule has 0 radical (unpaired) electrons. The van der Waals surface area contributed by atoms with E-state index in [4.69, 9.17) is 0 Å². The van der Waals surface area contributed by atoms with Crippen LogP contribution in [0, 0.1) is 11.8 Å². The highest BCUT2D eigenvalue weighted by Gasteiger charge is 2.34. The van der Waals surface area contributed by atoms with Gasteiger partial charge in [-0.1, -0.05) is 25.7 Å². The van der Waals surface area contributed by atoms with Gasteiger partial charge in [0.2, 0.25) is 0 Å². The Kier molecular flexibility index (Phi) is 3.45. The summed E-state index contributed by atoms with van der Waals surface area (Å²) in [6, 6.07) is 0. The maximum atomic E-state index is 10.0. The average molecular weight is 198 g/mol. The van der Waals surface area contributed by atoms with Crippen molar-refractivity contribution >= 4 is 0 Å². The van der Waals surface area contributed by atoms with Crippen molar-refractivity contribution in [1.82, 2.24) is 0 Å². The highest BCUT2D eigenvalue weighted by molar-refractivity contribution is 4.85. The lowest BCUT2D eigenvalue weighted by molar-refractivity contribution is -0.0448. The molecule has 2 saturated carbocycles. The first-order valence-corrected chi connectivity index (χ1v) is 6.15. The lowest BCUT2D eigenvalue weighted by Crippen LogP contribution is -2.37. The fourth-order valence-electron chi connectivity index (χ4n) is 3.16. The molecule has 0 unspecified atom stereocenters. The molecule has 82 valence electrons. The first-order chi connectivity index (χ1) is 6.79. The summed E-state index contributed by atoms with van der Waals surface area (Å²) in [4.78, 5) is 0. The van der Waals surface area contributed by atoms with E-state index in [-0.39, 0.29) is 0 Å². The Hall–Kier alpha value is -0.0800. The predicted octanol–water partition coefficient (Wildman–Crippen LogP) is 2.09. The van der Waals surface area contributed by atoms with Crippen molar-refractivity contribution in [2.24, 2.45) is 11.8 Å². The molecule has 14 heavy (non-hydrogen) atoms. The van der Waals surface area contributed by atoms with Gasteiger partial charge in [-0.25, -0.2) is 0 Å². The van der Waals surface area contributed by atoms with E-state index in [1.165, 1.54) is 25.7 Å². The van der Waals surface area contributed by atoms with Crippen LogP contribution in [0.15, 0.2) is 0 Å². The lowest BCUT2D eigenvalue weighted by Gasteiger charge is -2.27.